The summed E-state index contributed by atoms with van der Waals surface area (Å²) in [6.07, 6.45) is -3.55. The van der Waals surface area contributed by atoms with Gasteiger partial charge in [-0.25, -0.2) is 4.18 Å². The number of phenols is 1. The number of furan rings is 1. The van der Waals surface area contributed by atoms with E-state index in [0.29, 0.717) is 16.7 Å². The number of carbonyl (C=O) groups excluding carboxylic acids is 1. The summed E-state index contributed by atoms with van der Waals surface area (Å²) in [5, 5.41) is 42.2. The molecule has 0 spiro atoms. The van der Waals surface area contributed by atoms with Crippen LogP contribution in [0.15, 0.2) is 53.2 Å². The summed E-state index contributed by atoms with van der Waals surface area (Å²) in [7, 11) is -4.86. The average molecular weight is 521 g/mol. The molecule has 2 heterocycles. The van der Waals surface area contributed by atoms with Crippen LogP contribution in [0.25, 0.3) is 17.0 Å². The zero-order chi connectivity index (χ0) is 26.2. The lowest BCUT2D eigenvalue weighted by molar-refractivity contribution is -0.230. The molecule has 1 fully saturated rings. The highest BCUT2D eigenvalue weighted by molar-refractivity contribution is 7.80. The first-order valence-corrected chi connectivity index (χ1v) is 12.2. The summed E-state index contributed by atoms with van der Waals surface area (Å²) >= 11 is 0. The number of phenolic OH excluding ortho intramolecular Hbond substituents is 1. The molecule has 36 heavy (non-hydrogen) atoms. The molecule has 1 aliphatic rings. The molecule has 4 rings (SSSR count). The van der Waals surface area contributed by atoms with Crippen LogP contribution in [0.4, 0.5) is 0 Å². The second-order valence-corrected chi connectivity index (χ2v) is 9.51. The van der Waals surface area contributed by atoms with Crippen LogP contribution >= 0.6 is 0 Å². The van der Waals surface area contributed by atoms with Crippen LogP contribution in [0.3, 0.4) is 0 Å². The zero-order valence-corrected chi connectivity index (χ0v) is 19.7. The van der Waals surface area contributed by atoms with Gasteiger partial charge in [0.1, 0.15) is 41.9 Å². The van der Waals surface area contributed by atoms with Crippen LogP contribution in [0.2, 0.25) is 0 Å². The molecule has 1 saturated heterocycles. The Morgan fingerprint density at radius 3 is 2.56 bits per heavy atom. The van der Waals surface area contributed by atoms with Gasteiger partial charge in [0.2, 0.25) is 0 Å². The molecule has 0 amide bonds. The van der Waals surface area contributed by atoms with Crippen molar-refractivity contribution in [2.24, 2.45) is 0 Å². The standard InChI is InChI=1S/C24H24O11S/c1-12-8-18(26)16(17(25)4-2-13-3-5-19-14(9-13)6-7-33-19)10-15(12)24-23(29)22(28)21(27)20(35-24)11-34-36(30,31)32/h2-10,20-24,26-29H,11H2,1H3,(H,30,31,32)/b4-2+. The van der Waals surface area contributed by atoms with E-state index < -0.39 is 53.3 Å². The molecular weight excluding hydrogens is 496 g/mol. The maximum absolute atomic E-state index is 12.9. The van der Waals surface area contributed by atoms with Crippen molar-refractivity contribution < 1.29 is 51.5 Å². The Bertz CT molecular complexity index is 1410. The third-order valence-electron chi connectivity index (χ3n) is 5.95. The Kier molecular flexibility index (Phi) is 7.29. The number of fused-ring (bicyclic) bond motifs is 1. The van der Waals surface area contributed by atoms with Crippen molar-refractivity contribution >= 4 is 33.2 Å². The van der Waals surface area contributed by atoms with Gasteiger partial charge in [-0.3, -0.25) is 9.35 Å². The lowest BCUT2D eigenvalue weighted by atomic mass is 9.88. The number of aromatic hydroxyl groups is 1. The number of benzene rings is 2. The molecular formula is C24H24O11S. The molecule has 192 valence electrons. The van der Waals surface area contributed by atoms with Crippen LogP contribution in [-0.4, -0.2) is 70.2 Å². The molecule has 12 heteroatoms. The first-order chi connectivity index (χ1) is 16.9. The van der Waals surface area contributed by atoms with E-state index in [0.717, 1.165) is 5.39 Å². The van der Waals surface area contributed by atoms with E-state index in [4.69, 9.17) is 13.7 Å². The number of ketones is 1. The summed E-state index contributed by atoms with van der Waals surface area (Å²) in [5.41, 5.74) is 1.89. The number of rotatable bonds is 7. The van der Waals surface area contributed by atoms with Crippen molar-refractivity contribution in [2.45, 2.75) is 37.4 Å². The zero-order valence-electron chi connectivity index (χ0n) is 18.9. The predicted octanol–water partition coefficient (Wildman–Crippen LogP) is 1.68. The van der Waals surface area contributed by atoms with Crippen LogP contribution < -0.4 is 0 Å². The number of ether oxygens (including phenoxy) is 1. The molecule has 1 aliphatic heterocycles. The molecule has 0 bridgehead atoms. The largest absolute Gasteiger partial charge is 0.507 e. The maximum Gasteiger partial charge on any atom is 0.397 e. The van der Waals surface area contributed by atoms with E-state index in [1.165, 1.54) is 18.2 Å². The smallest absolute Gasteiger partial charge is 0.397 e. The second-order valence-electron chi connectivity index (χ2n) is 8.42. The topological polar surface area (TPSA) is 184 Å². The number of aryl methyl sites for hydroxylation is 1. The Balaban J connectivity index is 1.61. The molecule has 5 N–H and O–H groups in total. The van der Waals surface area contributed by atoms with Crippen LogP contribution in [-0.2, 0) is 19.3 Å². The molecule has 1 aromatic heterocycles. The lowest BCUT2D eigenvalue weighted by Gasteiger charge is -2.41. The molecule has 0 saturated carbocycles. The lowest BCUT2D eigenvalue weighted by Crippen LogP contribution is -2.55. The number of carbonyl (C=O) groups is 1. The number of allylic oxidation sites excluding steroid dienone is 1. The van der Waals surface area contributed by atoms with Gasteiger partial charge in [-0.2, -0.15) is 8.42 Å². The highest BCUT2D eigenvalue weighted by atomic mass is 32.3. The number of aliphatic hydroxyl groups excluding tert-OH is 3. The van der Waals surface area contributed by atoms with Gasteiger partial charge in [0.25, 0.3) is 0 Å². The number of hydrogen-bond donors (Lipinski definition) is 5. The fraction of sp³-hybridized carbons (Fsp3) is 0.292. The Labute approximate surface area is 205 Å². The minimum Gasteiger partial charge on any atom is -0.507 e. The van der Waals surface area contributed by atoms with Crippen molar-refractivity contribution in [3.63, 3.8) is 0 Å². The van der Waals surface area contributed by atoms with Crippen molar-refractivity contribution in [2.75, 3.05) is 6.61 Å². The summed E-state index contributed by atoms with van der Waals surface area (Å²) in [6, 6.07) is 9.67. The predicted molar refractivity (Wildman–Crippen MR) is 126 cm³/mol. The van der Waals surface area contributed by atoms with Gasteiger partial charge in [0.15, 0.2) is 5.78 Å². The Hall–Kier alpha value is -3.10. The summed E-state index contributed by atoms with van der Waals surface area (Å²) in [6.45, 7) is 0.726. The number of hydrogen-bond acceptors (Lipinski definition) is 10. The van der Waals surface area contributed by atoms with Crippen LogP contribution in [0.5, 0.6) is 5.75 Å². The third-order valence-corrected chi connectivity index (χ3v) is 6.39. The van der Waals surface area contributed by atoms with E-state index >= 15 is 0 Å². The molecule has 3 aromatic rings. The second kappa shape index (κ2) is 10.1. The molecule has 5 unspecified atom stereocenters. The Morgan fingerprint density at radius 1 is 1.08 bits per heavy atom. The number of aliphatic hydroxyl groups is 3. The molecule has 11 nitrogen and oxygen atoms in total. The van der Waals surface area contributed by atoms with Gasteiger partial charge >= 0.3 is 10.4 Å². The van der Waals surface area contributed by atoms with E-state index in [2.05, 4.69) is 4.18 Å². The van der Waals surface area contributed by atoms with Crippen molar-refractivity contribution in [3.8, 4) is 5.75 Å². The SMILES string of the molecule is Cc1cc(O)c(C(=O)/C=C/c2ccc3occc3c2)cc1C1OC(COS(=O)(=O)O)C(O)C(O)C1O. The maximum atomic E-state index is 12.9. The first-order valence-electron chi connectivity index (χ1n) is 10.8. The third kappa shape index (κ3) is 5.50. The molecule has 2 aromatic carbocycles. The van der Waals surface area contributed by atoms with E-state index in [9.17, 15) is 33.6 Å². The molecule has 5 atom stereocenters. The monoisotopic (exact) mass is 520 g/mol. The minimum absolute atomic E-state index is 0.113. The van der Waals surface area contributed by atoms with Gasteiger partial charge in [0, 0.05) is 5.39 Å². The highest BCUT2D eigenvalue weighted by Gasteiger charge is 2.45. The van der Waals surface area contributed by atoms with Crippen molar-refractivity contribution in [1.29, 1.82) is 0 Å². The first kappa shape index (κ1) is 26.0. The Morgan fingerprint density at radius 2 is 1.83 bits per heavy atom. The molecule has 0 radical (unpaired) electrons. The van der Waals surface area contributed by atoms with Gasteiger partial charge in [0.05, 0.1) is 18.4 Å². The van der Waals surface area contributed by atoms with E-state index in [1.807, 2.05) is 6.07 Å². The van der Waals surface area contributed by atoms with Gasteiger partial charge in [-0.15, -0.1) is 0 Å². The fourth-order valence-corrected chi connectivity index (χ4v) is 4.37. The summed E-state index contributed by atoms with van der Waals surface area (Å²) in [4.78, 5) is 12.9. The van der Waals surface area contributed by atoms with Crippen LogP contribution in [0, 0.1) is 6.92 Å². The average Bonchev–Trinajstić information content (AvgIpc) is 3.28. The van der Waals surface area contributed by atoms with Gasteiger partial charge in [-0.05, 0) is 60.0 Å². The van der Waals surface area contributed by atoms with Crippen molar-refractivity contribution in [1.82, 2.24) is 0 Å². The summed E-state index contributed by atoms with van der Waals surface area (Å²) in [5.74, 6) is -0.883. The normalized spacial score (nSPS) is 25.0. The van der Waals surface area contributed by atoms with Gasteiger partial charge < -0.3 is 29.6 Å². The highest BCUT2D eigenvalue weighted by Crippen LogP contribution is 2.37. The van der Waals surface area contributed by atoms with E-state index in [-0.39, 0.29) is 16.9 Å². The quantitative estimate of drug-likeness (QED) is 0.173. The molecule has 0 aliphatic carbocycles. The van der Waals surface area contributed by atoms with Crippen LogP contribution in [0.1, 0.15) is 33.2 Å². The fourth-order valence-electron chi connectivity index (χ4n) is 4.06. The van der Waals surface area contributed by atoms with E-state index in [1.54, 1.807) is 37.5 Å². The van der Waals surface area contributed by atoms with Gasteiger partial charge in [-0.1, -0.05) is 12.1 Å². The minimum atomic E-state index is -4.86. The van der Waals surface area contributed by atoms with Crippen molar-refractivity contribution in [3.05, 3.63) is 71.0 Å². The summed E-state index contributed by atoms with van der Waals surface area (Å²) < 4.78 is 45.8.